The number of rotatable bonds is 5. The summed E-state index contributed by atoms with van der Waals surface area (Å²) in [6.45, 7) is 4.03. The fourth-order valence-electron chi connectivity index (χ4n) is 2.38. The van der Waals surface area contributed by atoms with Gasteiger partial charge in [0.25, 0.3) is 0 Å². The fraction of sp³-hybridized carbons (Fsp3) is 0.150. The molecule has 1 N–H and O–H groups in total. The van der Waals surface area contributed by atoms with Crippen LogP contribution in [-0.2, 0) is 4.79 Å². The molecule has 0 saturated heterocycles. The number of hydrogen-bond acceptors (Lipinski definition) is 4. The lowest BCUT2D eigenvalue weighted by Gasteiger charge is -2.10. The van der Waals surface area contributed by atoms with Gasteiger partial charge in [-0.3, -0.25) is 4.79 Å². The Morgan fingerprint density at radius 3 is 2.50 bits per heavy atom. The molecule has 1 aromatic heterocycles. The minimum absolute atomic E-state index is 0.0533. The van der Waals surface area contributed by atoms with Crippen LogP contribution in [0.3, 0.4) is 0 Å². The lowest BCUT2D eigenvalue weighted by molar-refractivity contribution is -0.113. The van der Waals surface area contributed by atoms with Crippen LogP contribution in [0.5, 0.6) is 0 Å². The number of anilines is 1. The van der Waals surface area contributed by atoms with Gasteiger partial charge in [-0.1, -0.05) is 52.0 Å². The Kier molecular flexibility index (Phi) is 6.06. The minimum atomic E-state index is -0.0533. The van der Waals surface area contributed by atoms with Gasteiger partial charge in [-0.05, 0) is 55.3 Å². The van der Waals surface area contributed by atoms with E-state index >= 15 is 0 Å². The molecule has 0 radical (unpaired) electrons. The summed E-state index contributed by atoms with van der Waals surface area (Å²) >= 11 is 4.79. The highest BCUT2D eigenvalue weighted by Crippen LogP contribution is 2.22. The average molecular weight is 428 g/mol. The summed E-state index contributed by atoms with van der Waals surface area (Å²) in [4.78, 5) is 12.2. The molecule has 26 heavy (non-hydrogen) atoms. The topological polar surface area (TPSA) is 54.9 Å². The van der Waals surface area contributed by atoms with Gasteiger partial charge in [0.15, 0.2) is 0 Å². The highest BCUT2D eigenvalue weighted by Gasteiger charge is 2.08. The third-order valence-corrected chi connectivity index (χ3v) is 5.46. The Bertz CT molecular complexity index is 911. The molecule has 3 aromatic rings. The van der Waals surface area contributed by atoms with Gasteiger partial charge in [-0.2, -0.15) is 0 Å². The van der Waals surface area contributed by atoms with Crippen molar-refractivity contribution in [2.45, 2.75) is 18.9 Å². The molecule has 1 amide bonds. The van der Waals surface area contributed by atoms with Gasteiger partial charge in [0.1, 0.15) is 5.03 Å². The second-order valence-corrected chi connectivity index (χ2v) is 7.76. The molecule has 0 aliphatic heterocycles. The summed E-state index contributed by atoms with van der Waals surface area (Å²) in [6.07, 6.45) is 0. The normalized spacial score (nSPS) is 10.6. The van der Waals surface area contributed by atoms with Gasteiger partial charge in [0, 0.05) is 15.7 Å². The number of carbonyl (C=O) groups excluding carboxylic acids is 1. The first kappa shape index (κ1) is 18.6. The standard InChI is InChI=1S/C20H18BrN3OS/c1-13-4-3-5-17(14(13)2)22-19(25)12-26-20-11-10-18(23-24-20)15-6-8-16(21)9-7-15/h3-11H,12H2,1-2H3,(H,22,25). The number of halogens is 1. The molecule has 2 aromatic carbocycles. The second kappa shape index (κ2) is 8.47. The van der Waals surface area contributed by atoms with Gasteiger partial charge < -0.3 is 5.32 Å². The first-order valence-corrected chi connectivity index (χ1v) is 9.89. The van der Waals surface area contributed by atoms with Crippen LogP contribution < -0.4 is 5.32 Å². The number of benzene rings is 2. The van der Waals surface area contributed by atoms with Crippen LogP contribution >= 0.6 is 27.7 Å². The van der Waals surface area contributed by atoms with Gasteiger partial charge in [0.2, 0.25) is 5.91 Å². The third-order valence-electron chi connectivity index (χ3n) is 4.01. The first-order valence-electron chi connectivity index (χ1n) is 8.11. The maximum Gasteiger partial charge on any atom is 0.234 e. The Morgan fingerprint density at radius 2 is 1.81 bits per heavy atom. The van der Waals surface area contributed by atoms with Crippen LogP contribution in [0.15, 0.2) is 64.1 Å². The molecule has 0 bridgehead atoms. The predicted octanol–water partition coefficient (Wildman–Crippen LogP) is 5.25. The molecule has 0 aliphatic carbocycles. The molecule has 0 spiro atoms. The molecular weight excluding hydrogens is 410 g/mol. The smallest absolute Gasteiger partial charge is 0.234 e. The summed E-state index contributed by atoms with van der Waals surface area (Å²) in [7, 11) is 0. The van der Waals surface area contributed by atoms with E-state index in [0.29, 0.717) is 5.75 Å². The zero-order chi connectivity index (χ0) is 18.5. The highest BCUT2D eigenvalue weighted by atomic mass is 79.9. The predicted molar refractivity (Wildman–Crippen MR) is 110 cm³/mol. The van der Waals surface area contributed by atoms with Crippen LogP contribution in [0.2, 0.25) is 0 Å². The summed E-state index contributed by atoms with van der Waals surface area (Å²) in [5.74, 6) is 0.238. The third kappa shape index (κ3) is 4.71. The molecule has 132 valence electrons. The Labute approximate surface area is 165 Å². The van der Waals surface area contributed by atoms with Gasteiger partial charge in [-0.25, -0.2) is 0 Å². The number of thioether (sulfide) groups is 1. The Hall–Kier alpha value is -2.18. The van der Waals surface area contributed by atoms with Crippen molar-refractivity contribution in [2.75, 3.05) is 11.1 Å². The van der Waals surface area contributed by atoms with Crippen molar-refractivity contribution in [1.29, 1.82) is 0 Å². The van der Waals surface area contributed by atoms with Crippen LogP contribution in [0, 0.1) is 13.8 Å². The molecule has 6 heteroatoms. The summed E-state index contributed by atoms with van der Waals surface area (Å²) in [5, 5.41) is 12.1. The summed E-state index contributed by atoms with van der Waals surface area (Å²) in [6, 6.07) is 17.6. The van der Waals surface area contributed by atoms with Crippen LogP contribution in [0.25, 0.3) is 11.3 Å². The number of hydrogen-bond donors (Lipinski definition) is 1. The average Bonchev–Trinajstić information content (AvgIpc) is 2.65. The van der Waals surface area contributed by atoms with Crippen molar-refractivity contribution < 1.29 is 4.79 Å². The molecular formula is C20H18BrN3OS. The first-order chi connectivity index (χ1) is 12.5. The van der Waals surface area contributed by atoms with Crippen molar-refractivity contribution in [2.24, 2.45) is 0 Å². The number of amides is 1. The summed E-state index contributed by atoms with van der Waals surface area (Å²) < 4.78 is 1.02. The quantitative estimate of drug-likeness (QED) is 0.564. The molecule has 4 nitrogen and oxygen atoms in total. The van der Waals surface area contributed by atoms with Crippen molar-refractivity contribution in [3.05, 3.63) is 70.2 Å². The minimum Gasteiger partial charge on any atom is -0.325 e. The number of nitrogens with one attached hydrogen (secondary N) is 1. The fourth-order valence-corrected chi connectivity index (χ4v) is 3.26. The molecule has 0 unspecified atom stereocenters. The van der Waals surface area contributed by atoms with Crippen LogP contribution in [-0.4, -0.2) is 21.9 Å². The number of carbonyl (C=O) groups is 1. The van der Waals surface area contributed by atoms with E-state index in [0.717, 1.165) is 37.6 Å². The lowest BCUT2D eigenvalue weighted by Crippen LogP contribution is -2.15. The number of aromatic nitrogens is 2. The van der Waals surface area contributed by atoms with E-state index in [1.54, 1.807) is 0 Å². The zero-order valence-electron chi connectivity index (χ0n) is 14.5. The molecule has 3 rings (SSSR count). The van der Waals surface area contributed by atoms with E-state index in [4.69, 9.17) is 0 Å². The monoisotopic (exact) mass is 427 g/mol. The van der Waals surface area contributed by atoms with E-state index in [1.807, 2.05) is 68.4 Å². The van der Waals surface area contributed by atoms with Crippen molar-refractivity contribution in [1.82, 2.24) is 10.2 Å². The Morgan fingerprint density at radius 1 is 1.04 bits per heavy atom. The van der Waals surface area contributed by atoms with Crippen molar-refractivity contribution in [3.63, 3.8) is 0 Å². The molecule has 0 aliphatic rings. The molecule has 0 saturated carbocycles. The second-order valence-electron chi connectivity index (χ2n) is 5.85. The largest absolute Gasteiger partial charge is 0.325 e. The van der Waals surface area contributed by atoms with Gasteiger partial charge >= 0.3 is 0 Å². The Balaban J connectivity index is 1.58. The van der Waals surface area contributed by atoms with E-state index in [1.165, 1.54) is 11.8 Å². The van der Waals surface area contributed by atoms with E-state index in [-0.39, 0.29) is 5.91 Å². The highest BCUT2D eigenvalue weighted by molar-refractivity contribution is 9.10. The zero-order valence-corrected chi connectivity index (χ0v) is 16.9. The van der Waals surface area contributed by atoms with Crippen LogP contribution in [0.1, 0.15) is 11.1 Å². The maximum absolute atomic E-state index is 12.2. The van der Waals surface area contributed by atoms with E-state index in [9.17, 15) is 4.79 Å². The SMILES string of the molecule is Cc1cccc(NC(=O)CSc2ccc(-c3ccc(Br)cc3)nn2)c1C. The molecule has 1 heterocycles. The van der Waals surface area contributed by atoms with Crippen molar-refractivity contribution in [3.8, 4) is 11.3 Å². The van der Waals surface area contributed by atoms with E-state index < -0.39 is 0 Å². The maximum atomic E-state index is 12.2. The lowest BCUT2D eigenvalue weighted by atomic mass is 10.1. The summed E-state index contributed by atoms with van der Waals surface area (Å²) in [5.41, 5.74) is 4.91. The van der Waals surface area contributed by atoms with Gasteiger partial charge in [0.05, 0.1) is 11.4 Å². The molecule has 0 fully saturated rings. The number of nitrogens with zero attached hydrogens (tertiary/aromatic N) is 2. The van der Waals surface area contributed by atoms with Crippen molar-refractivity contribution >= 4 is 39.3 Å². The van der Waals surface area contributed by atoms with E-state index in [2.05, 4.69) is 31.4 Å². The number of aryl methyl sites for hydroxylation is 1. The van der Waals surface area contributed by atoms with Gasteiger partial charge in [-0.15, -0.1) is 10.2 Å². The van der Waals surface area contributed by atoms with Crippen LogP contribution in [0.4, 0.5) is 5.69 Å². The molecule has 0 atom stereocenters.